The highest BCUT2D eigenvalue weighted by molar-refractivity contribution is 5.54. The van der Waals surface area contributed by atoms with Crippen LogP contribution < -0.4 is 0 Å². The van der Waals surface area contributed by atoms with Crippen LogP contribution in [0.3, 0.4) is 0 Å². The fourth-order valence-electron chi connectivity index (χ4n) is 1.11. The molecule has 62 valence electrons. The van der Waals surface area contributed by atoms with Crippen molar-refractivity contribution in [1.29, 1.82) is 0 Å². The minimum atomic E-state index is 0.0480. The van der Waals surface area contributed by atoms with Crippen LogP contribution in [-0.2, 0) is 6.42 Å². The monoisotopic (exact) mass is 163 g/mol. The quantitative estimate of drug-likeness (QED) is 0.682. The number of aromatic nitrogens is 3. The third kappa shape index (κ3) is 0.922. The molecule has 0 unspecified atom stereocenters. The van der Waals surface area contributed by atoms with E-state index in [4.69, 9.17) is 0 Å². The second kappa shape index (κ2) is 2.48. The zero-order valence-electron chi connectivity index (χ0n) is 6.73. The first-order chi connectivity index (χ1) is 5.81. The van der Waals surface area contributed by atoms with Gasteiger partial charge in [0, 0.05) is 12.6 Å². The first-order valence-corrected chi connectivity index (χ1v) is 3.84. The first kappa shape index (κ1) is 7.09. The lowest BCUT2D eigenvalue weighted by Crippen LogP contribution is -1.99. The lowest BCUT2D eigenvalue weighted by molar-refractivity contribution is 0.450. The molecule has 0 aliphatic heterocycles. The second-order valence-corrected chi connectivity index (χ2v) is 2.54. The maximum absolute atomic E-state index is 9.40. The van der Waals surface area contributed by atoms with E-state index in [-0.39, 0.29) is 5.88 Å². The van der Waals surface area contributed by atoms with Crippen LogP contribution in [-0.4, -0.2) is 19.7 Å². The number of aromatic hydroxyl groups is 1. The number of aryl methyl sites for hydroxylation is 1. The Morgan fingerprint density at radius 1 is 1.58 bits per heavy atom. The van der Waals surface area contributed by atoms with Crippen LogP contribution in [0, 0.1) is 0 Å². The maximum Gasteiger partial charge on any atom is 0.239 e. The van der Waals surface area contributed by atoms with Gasteiger partial charge in [0.25, 0.3) is 0 Å². The summed E-state index contributed by atoms with van der Waals surface area (Å²) in [4.78, 5) is 3.92. The highest BCUT2D eigenvalue weighted by atomic mass is 16.3. The summed E-state index contributed by atoms with van der Waals surface area (Å²) in [6, 6.07) is 3.60. The topological polar surface area (TPSA) is 50.4 Å². The molecular formula is C8H9N3O. The molecule has 2 rings (SSSR count). The minimum absolute atomic E-state index is 0.0480. The SMILES string of the molecule is CCc1nc(O)c2cccn2n1. The molecule has 0 bridgehead atoms. The molecule has 0 aliphatic carbocycles. The van der Waals surface area contributed by atoms with E-state index in [2.05, 4.69) is 10.1 Å². The van der Waals surface area contributed by atoms with Gasteiger partial charge in [0.1, 0.15) is 5.52 Å². The summed E-state index contributed by atoms with van der Waals surface area (Å²) < 4.78 is 1.63. The molecule has 0 radical (unpaired) electrons. The third-order valence-corrected chi connectivity index (χ3v) is 1.73. The predicted octanol–water partition coefficient (Wildman–Crippen LogP) is 0.997. The molecule has 2 heterocycles. The van der Waals surface area contributed by atoms with Crippen LogP contribution in [0.15, 0.2) is 18.3 Å². The lowest BCUT2D eigenvalue weighted by Gasteiger charge is -1.99. The molecule has 2 aromatic heterocycles. The highest BCUT2D eigenvalue weighted by Crippen LogP contribution is 2.14. The second-order valence-electron chi connectivity index (χ2n) is 2.54. The van der Waals surface area contributed by atoms with Gasteiger partial charge in [-0.25, -0.2) is 4.52 Å². The van der Waals surface area contributed by atoms with Gasteiger partial charge in [-0.3, -0.25) is 0 Å². The van der Waals surface area contributed by atoms with Crippen molar-refractivity contribution in [1.82, 2.24) is 14.6 Å². The normalized spacial score (nSPS) is 10.8. The Kier molecular flexibility index (Phi) is 1.46. The third-order valence-electron chi connectivity index (χ3n) is 1.73. The molecule has 0 saturated carbocycles. The van der Waals surface area contributed by atoms with Gasteiger partial charge in [0.05, 0.1) is 0 Å². The molecule has 12 heavy (non-hydrogen) atoms. The van der Waals surface area contributed by atoms with E-state index in [9.17, 15) is 5.11 Å². The van der Waals surface area contributed by atoms with Crippen molar-refractivity contribution in [3.63, 3.8) is 0 Å². The molecule has 0 spiro atoms. The van der Waals surface area contributed by atoms with Gasteiger partial charge >= 0.3 is 0 Å². The number of hydrogen-bond acceptors (Lipinski definition) is 3. The van der Waals surface area contributed by atoms with Crippen molar-refractivity contribution in [2.24, 2.45) is 0 Å². The predicted molar refractivity (Wildman–Crippen MR) is 44.0 cm³/mol. The molecule has 1 N–H and O–H groups in total. The summed E-state index contributed by atoms with van der Waals surface area (Å²) >= 11 is 0. The van der Waals surface area contributed by atoms with Gasteiger partial charge < -0.3 is 5.11 Å². The lowest BCUT2D eigenvalue weighted by atomic mass is 10.4. The zero-order valence-corrected chi connectivity index (χ0v) is 6.73. The van der Waals surface area contributed by atoms with Gasteiger partial charge in [-0.1, -0.05) is 6.92 Å². The number of fused-ring (bicyclic) bond motifs is 1. The Labute approximate surface area is 69.5 Å². The summed E-state index contributed by atoms with van der Waals surface area (Å²) in [5.41, 5.74) is 0.646. The van der Waals surface area contributed by atoms with Crippen molar-refractivity contribution in [3.05, 3.63) is 24.2 Å². The molecule has 2 aromatic rings. The summed E-state index contributed by atoms with van der Waals surface area (Å²) in [5.74, 6) is 0.697. The van der Waals surface area contributed by atoms with Crippen LogP contribution in [0.4, 0.5) is 0 Å². The smallest absolute Gasteiger partial charge is 0.239 e. The summed E-state index contributed by atoms with van der Waals surface area (Å²) in [5, 5.41) is 13.6. The van der Waals surface area contributed by atoms with Crippen molar-refractivity contribution in [2.75, 3.05) is 0 Å². The molecule has 0 fully saturated rings. The Bertz CT molecular complexity index is 408. The van der Waals surface area contributed by atoms with Crippen molar-refractivity contribution >= 4 is 5.52 Å². The van der Waals surface area contributed by atoms with E-state index in [0.29, 0.717) is 11.3 Å². The standard InChI is InChI=1S/C8H9N3O/c1-2-7-9-8(12)6-4-3-5-11(6)10-7/h3-5H,2H2,1H3,(H,9,10,12). The van der Waals surface area contributed by atoms with Crippen molar-refractivity contribution in [3.8, 4) is 5.88 Å². The van der Waals surface area contributed by atoms with E-state index in [1.165, 1.54) is 0 Å². The molecule has 0 aliphatic rings. The van der Waals surface area contributed by atoms with Crippen molar-refractivity contribution < 1.29 is 5.11 Å². The van der Waals surface area contributed by atoms with Gasteiger partial charge in [-0.2, -0.15) is 10.1 Å². The molecule has 4 heteroatoms. The van der Waals surface area contributed by atoms with Crippen LogP contribution >= 0.6 is 0 Å². The number of nitrogens with zero attached hydrogens (tertiary/aromatic N) is 3. The molecular weight excluding hydrogens is 154 g/mol. The van der Waals surface area contributed by atoms with E-state index in [0.717, 1.165) is 6.42 Å². The maximum atomic E-state index is 9.40. The Morgan fingerprint density at radius 3 is 3.17 bits per heavy atom. The molecule has 0 amide bonds. The van der Waals surface area contributed by atoms with Gasteiger partial charge in [-0.15, -0.1) is 0 Å². The zero-order chi connectivity index (χ0) is 8.55. The fraction of sp³-hybridized carbons (Fsp3) is 0.250. The van der Waals surface area contributed by atoms with Gasteiger partial charge in [-0.05, 0) is 12.1 Å². The van der Waals surface area contributed by atoms with E-state index in [1.54, 1.807) is 16.8 Å². The van der Waals surface area contributed by atoms with Crippen LogP contribution in [0.2, 0.25) is 0 Å². The van der Waals surface area contributed by atoms with E-state index < -0.39 is 0 Å². The Morgan fingerprint density at radius 2 is 2.42 bits per heavy atom. The van der Waals surface area contributed by atoms with Gasteiger partial charge in [0.15, 0.2) is 5.82 Å². The molecule has 0 atom stereocenters. The average Bonchev–Trinajstić information content (AvgIpc) is 2.52. The summed E-state index contributed by atoms with van der Waals surface area (Å²) in [6.45, 7) is 1.95. The first-order valence-electron chi connectivity index (χ1n) is 3.84. The van der Waals surface area contributed by atoms with Crippen LogP contribution in [0.25, 0.3) is 5.52 Å². The van der Waals surface area contributed by atoms with Crippen LogP contribution in [0.5, 0.6) is 5.88 Å². The largest absolute Gasteiger partial charge is 0.492 e. The minimum Gasteiger partial charge on any atom is -0.492 e. The molecule has 0 aromatic carbocycles. The summed E-state index contributed by atoms with van der Waals surface area (Å²) in [6.07, 6.45) is 2.51. The highest BCUT2D eigenvalue weighted by Gasteiger charge is 2.03. The average molecular weight is 163 g/mol. The molecule has 0 saturated heterocycles. The Balaban J connectivity index is 2.75. The van der Waals surface area contributed by atoms with Crippen LogP contribution in [0.1, 0.15) is 12.7 Å². The van der Waals surface area contributed by atoms with Gasteiger partial charge in [0.2, 0.25) is 5.88 Å². The number of hydrogen-bond donors (Lipinski definition) is 1. The fourth-order valence-corrected chi connectivity index (χ4v) is 1.11. The Hall–Kier alpha value is -1.58. The van der Waals surface area contributed by atoms with E-state index >= 15 is 0 Å². The number of rotatable bonds is 1. The summed E-state index contributed by atoms with van der Waals surface area (Å²) in [7, 11) is 0. The van der Waals surface area contributed by atoms with Crippen molar-refractivity contribution in [2.45, 2.75) is 13.3 Å². The molecule has 4 nitrogen and oxygen atoms in total. The van der Waals surface area contributed by atoms with E-state index in [1.807, 2.05) is 13.0 Å².